The van der Waals surface area contributed by atoms with E-state index in [0.29, 0.717) is 32.3 Å². The third-order valence-electron chi connectivity index (χ3n) is 3.03. The van der Waals surface area contributed by atoms with E-state index in [1.165, 1.54) is 0 Å². The minimum Gasteiger partial charge on any atom is -0.385 e. The Hall–Kier alpha value is -0.650. The number of hydrogen-bond acceptors (Lipinski definition) is 4. The highest BCUT2D eigenvalue weighted by molar-refractivity contribution is 5.84. The van der Waals surface area contributed by atoms with Crippen LogP contribution in [0.3, 0.4) is 0 Å². The number of primary amides is 1. The summed E-state index contributed by atoms with van der Waals surface area (Å²) in [5.74, 6) is -0.301. The zero-order valence-corrected chi connectivity index (χ0v) is 10.8. The highest BCUT2D eigenvalue weighted by Crippen LogP contribution is 2.23. The van der Waals surface area contributed by atoms with Gasteiger partial charge in [0, 0.05) is 33.0 Å². The summed E-state index contributed by atoms with van der Waals surface area (Å²) in [6.45, 7) is 3.76. The van der Waals surface area contributed by atoms with Crippen LogP contribution in [-0.2, 0) is 14.3 Å². The number of rotatable bonds is 10. The molecule has 1 aliphatic rings. The molecular formula is C12H24N2O3. The molecule has 5 heteroatoms. The van der Waals surface area contributed by atoms with Crippen molar-refractivity contribution in [1.82, 2.24) is 5.32 Å². The summed E-state index contributed by atoms with van der Waals surface area (Å²) in [7, 11) is 1.67. The van der Waals surface area contributed by atoms with Gasteiger partial charge in [-0.1, -0.05) is 0 Å². The van der Waals surface area contributed by atoms with Crippen molar-refractivity contribution < 1.29 is 14.3 Å². The first-order valence-corrected chi connectivity index (χ1v) is 6.23. The van der Waals surface area contributed by atoms with Crippen LogP contribution in [0.5, 0.6) is 0 Å². The molecule has 1 aliphatic carbocycles. The van der Waals surface area contributed by atoms with Crippen molar-refractivity contribution in [3.63, 3.8) is 0 Å². The van der Waals surface area contributed by atoms with E-state index in [0.717, 1.165) is 19.3 Å². The molecular weight excluding hydrogens is 220 g/mol. The molecule has 1 saturated carbocycles. The smallest absolute Gasteiger partial charge is 0.237 e. The number of ether oxygens (including phenoxy) is 2. The van der Waals surface area contributed by atoms with Crippen molar-refractivity contribution in [3.8, 4) is 0 Å². The van der Waals surface area contributed by atoms with Crippen molar-refractivity contribution in [1.29, 1.82) is 0 Å². The normalized spacial score (nSPS) is 18.9. The van der Waals surface area contributed by atoms with Gasteiger partial charge in [-0.2, -0.15) is 0 Å². The Morgan fingerprint density at radius 1 is 1.41 bits per heavy atom. The van der Waals surface area contributed by atoms with Crippen molar-refractivity contribution in [2.24, 2.45) is 5.73 Å². The molecule has 0 aromatic heterocycles. The van der Waals surface area contributed by atoms with Crippen LogP contribution in [0.1, 0.15) is 32.6 Å². The van der Waals surface area contributed by atoms with Gasteiger partial charge in [-0.15, -0.1) is 0 Å². The van der Waals surface area contributed by atoms with Crippen molar-refractivity contribution >= 4 is 5.91 Å². The zero-order valence-electron chi connectivity index (χ0n) is 10.8. The van der Waals surface area contributed by atoms with Gasteiger partial charge in [-0.3, -0.25) is 4.79 Å². The average Bonchev–Trinajstić information content (AvgIpc) is 3.07. The SMILES string of the molecule is COCCCOCCC(C)(NC1CC1)C(N)=O. The number of methoxy groups -OCH3 is 1. The third-order valence-corrected chi connectivity index (χ3v) is 3.03. The van der Waals surface area contributed by atoms with Crippen molar-refractivity contribution in [2.75, 3.05) is 26.9 Å². The number of amides is 1. The van der Waals surface area contributed by atoms with E-state index >= 15 is 0 Å². The standard InChI is InChI=1S/C12H24N2O3/c1-12(11(13)15,14-10-4-5-10)6-9-17-8-3-7-16-2/h10,14H,3-9H2,1-2H3,(H2,13,15). The number of hydrogen-bond donors (Lipinski definition) is 2. The van der Waals surface area contributed by atoms with Crippen LogP contribution >= 0.6 is 0 Å². The van der Waals surface area contributed by atoms with Gasteiger partial charge in [-0.05, 0) is 32.6 Å². The van der Waals surface area contributed by atoms with Crippen LogP contribution in [0, 0.1) is 0 Å². The van der Waals surface area contributed by atoms with E-state index in [-0.39, 0.29) is 5.91 Å². The topological polar surface area (TPSA) is 73.6 Å². The van der Waals surface area contributed by atoms with Crippen LogP contribution in [-0.4, -0.2) is 44.4 Å². The highest BCUT2D eigenvalue weighted by atomic mass is 16.5. The number of nitrogens with two attached hydrogens (primary N) is 1. The third kappa shape index (κ3) is 5.48. The van der Waals surface area contributed by atoms with Gasteiger partial charge < -0.3 is 20.5 Å². The van der Waals surface area contributed by atoms with Crippen LogP contribution in [0.2, 0.25) is 0 Å². The molecule has 3 N–H and O–H groups in total. The summed E-state index contributed by atoms with van der Waals surface area (Å²) >= 11 is 0. The monoisotopic (exact) mass is 244 g/mol. The first-order valence-electron chi connectivity index (χ1n) is 6.23. The lowest BCUT2D eigenvalue weighted by Crippen LogP contribution is -2.54. The summed E-state index contributed by atoms with van der Waals surface area (Å²) in [6, 6.07) is 0.459. The van der Waals surface area contributed by atoms with E-state index in [4.69, 9.17) is 15.2 Å². The van der Waals surface area contributed by atoms with Gasteiger partial charge in [0.25, 0.3) is 0 Å². The number of carbonyl (C=O) groups excluding carboxylic acids is 1. The molecule has 0 aromatic rings. The lowest BCUT2D eigenvalue weighted by atomic mass is 9.97. The Labute approximate surface area is 103 Å². The van der Waals surface area contributed by atoms with Crippen LogP contribution in [0.15, 0.2) is 0 Å². The van der Waals surface area contributed by atoms with Gasteiger partial charge in [0.15, 0.2) is 0 Å². The van der Waals surface area contributed by atoms with Gasteiger partial charge in [0.2, 0.25) is 5.91 Å². The molecule has 5 nitrogen and oxygen atoms in total. The molecule has 0 radical (unpaired) electrons. The Kier molecular flexibility index (Phi) is 5.88. The molecule has 0 aromatic carbocycles. The second kappa shape index (κ2) is 6.93. The molecule has 0 saturated heterocycles. The van der Waals surface area contributed by atoms with E-state index in [1.807, 2.05) is 6.92 Å². The highest BCUT2D eigenvalue weighted by Gasteiger charge is 2.36. The van der Waals surface area contributed by atoms with Crippen LogP contribution in [0.25, 0.3) is 0 Å². The number of carbonyl (C=O) groups is 1. The predicted octanol–water partition coefficient (Wildman–Crippen LogP) is 0.426. The second-order valence-corrected chi connectivity index (χ2v) is 4.82. The first-order chi connectivity index (χ1) is 8.08. The maximum Gasteiger partial charge on any atom is 0.237 e. The minimum atomic E-state index is -0.636. The van der Waals surface area contributed by atoms with E-state index in [1.54, 1.807) is 7.11 Å². The molecule has 1 unspecified atom stereocenters. The lowest BCUT2D eigenvalue weighted by Gasteiger charge is -2.27. The minimum absolute atomic E-state index is 0.301. The molecule has 1 rings (SSSR count). The number of nitrogens with one attached hydrogen (secondary N) is 1. The van der Waals surface area contributed by atoms with Crippen LogP contribution < -0.4 is 11.1 Å². The van der Waals surface area contributed by atoms with E-state index in [9.17, 15) is 4.79 Å². The fraction of sp³-hybridized carbons (Fsp3) is 0.917. The molecule has 100 valence electrons. The molecule has 0 spiro atoms. The maximum absolute atomic E-state index is 11.4. The second-order valence-electron chi connectivity index (χ2n) is 4.82. The van der Waals surface area contributed by atoms with Gasteiger partial charge in [-0.25, -0.2) is 0 Å². The molecule has 1 fully saturated rings. The molecule has 1 amide bonds. The zero-order chi connectivity index (χ0) is 12.7. The summed E-state index contributed by atoms with van der Waals surface area (Å²) in [4.78, 5) is 11.4. The summed E-state index contributed by atoms with van der Waals surface area (Å²) < 4.78 is 10.4. The maximum atomic E-state index is 11.4. The van der Waals surface area contributed by atoms with Gasteiger partial charge in [0.05, 0.1) is 5.54 Å². The Morgan fingerprint density at radius 3 is 2.65 bits per heavy atom. The predicted molar refractivity (Wildman–Crippen MR) is 65.7 cm³/mol. The van der Waals surface area contributed by atoms with Crippen molar-refractivity contribution in [2.45, 2.75) is 44.2 Å². The summed E-state index contributed by atoms with van der Waals surface area (Å²) in [5, 5.41) is 3.29. The fourth-order valence-electron chi connectivity index (χ4n) is 1.63. The van der Waals surface area contributed by atoms with Gasteiger partial charge >= 0.3 is 0 Å². The van der Waals surface area contributed by atoms with E-state index < -0.39 is 5.54 Å². The van der Waals surface area contributed by atoms with E-state index in [2.05, 4.69) is 5.32 Å². The molecule has 1 atom stereocenters. The average molecular weight is 244 g/mol. The van der Waals surface area contributed by atoms with Gasteiger partial charge in [0.1, 0.15) is 0 Å². The quantitative estimate of drug-likeness (QED) is 0.546. The Bertz CT molecular complexity index is 244. The molecule has 0 aliphatic heterocycles. The Morgan fingerprint density at radius 2 is 2.12 bits per heavy atom. The first kappa shape index (κ1) is 14.4. The van der Waals surface area contributed by atoms with Crippen molar-refractivity contribution in [3.05, 3.63) is 0 Å². The van der Waals surface area contributed by atoms with Crippen LogP contribution in [0.4, 0.5) is 0 Å². The molecule has 0 heterocycles. The summed E-state index contributed by atoms with van der Waals surface area (Å²) in [6.07, 6.45) is 3.76. The molecule has 17 heavy (non-hydrogen) atoms. The lowest BCUT2D eigenvalue weighted by molar-refractivity contribution is -0.124. The molecule has 0 bridgehead atoms. The fourth-order valence-corrected chi connectivity index (χ4v) is 1.63. The largest absolute Gasteiger partial charge is 0.385 e. The summed E-state index contributed by atoms with van der Waals surface area (Å²) in [5.41, 5.74) is 4.80. The Balaban J connectivity index is 2.17.